The SMILES string of the molecule is CN[C@H](C(=O)c1nn[nH]n1)C1CCCC1. The number of H-pyrrole nitrogens is 1. The highest BCUT2D eigenvalue weighted by Crippen LogP contribution is 2.28. The standard InChI is InChI=1S/C9H15N5O/c1-10-7(6-4-2-3-5-6)8(15)9-11-13-14-12-9/h6-7,10H,2-5H2,1H3,(H,11,12,13,14)/t7-/m0/s1. The molecular weight excluding hydrogens is 194 g/mol. The molecule has 0 radical (unpaired) electrons. The molecule has 6 heteroatoms. The predicted molar refractivity (Wildman–Crippen MR) is 53.3 cm³/mol. The molecule has 0 aliphatic heterocycles. The van der Waals surface area contributed by atoms with Crippen LogP contribution in [-0.2, 0) is 0 Å². The van der Waals surface area contributed by atoms with Crippen molar-refractivity contribution in [3.8, 4) is 0 Å². The van der Waals surface area contributed by atoms with Gasteiger partial charge in [0.05, 0.1) is 6.04 Å². The zero-order valence-electron chi connectivity index (χ0n) is 8.73. The fraction of sp³-hybridized carbons (Fsp3) is 0.778. The number of nitrogens with zero attached hydrogens (tertiary/aromatic N) is 3. The zero-order valence-corrected chi connectivity index (χ0v) is 8.73. The molecule has 0 saturated heterocycles. The van der Waals surface area contributed by atoms with Gasteiger partial charge in [-0.05, 0) is 31.0 Å². The van der Waals surface area contributed by atoms with Crippen molar-refractivity contribution in [2.75, 3.05) is 7.05 Å². The number of hydrogen-bond donors (Lipinski definition) is 2. The maximum Gasteiger partial charge on any atom is 0.241 e. The summed E-state index contributed by atoms with van der Waals surface area (Å²) in [5, 5.41) is 16.2. The number of carbonyl (C=O) groups excluding carboxylic acids is 1. The summed E-state index contributed by atoms with van der Waals surface area (Å²) in [5.74, 6) is 0.542. The maximum absolute atomic E-state index is 12.0. The van der Waals surface area contributed by atoms with Crippen LogP contribution in [0.25, 0.3) is 0 Å². The van der Waals surface area contributed by atoms with Gasteiger partial charge in [0.2, 0.25) is 11.6 Å². The van der Waals surface area contributed by atoms with Gasteiger partial charge in [-0.1, -0.05) is 12.8 Å². The van der Waals surface area contributed by atoms with E-state index in [-0.39, 0.29) is 17.6 Å². The van der Waals surface area contributed by atoms with Gasteiger partial charge in [-0.25, -0.2) is 0 Å². The predicted octanol–water partition coefficient (Wildman–Crippen LogP) is 0.161. The van der Waals surface area contributed by atoms with Crippen molar-refractivity contribution in [3.05, 3.63) is 5.82 Å². The fourth-order valence-corrected chi connectivity index (χ4v) is 2.28. The van der Waals surface area contributed by atoms with Crippen molar-refractivity contribution < 1.29 is 4.79 Å². The van der Waals surface area contributed by atoms with Crippen molar-refractivity contribution in [2.24, 2.45) is 5.92 Å². The molecule has 0 unspecified atom stereocenters. The lowest BCUT2D eigenvalue weighted by atomic mass is 9.94. The molecule has 1 saturated carbocycles. The fourth-order valence-electron chi connectivity index (χ4n) is 2.28. The van der Waals surface area contributed by atoms with E-state index in [0.29, 0.717) is 5.92 Å². The molecule has 0 amide bonds. The third-order valence-corrected chi connectivity index (χ3v) is 3.03. The molecule has 1 fully saturated rings. The number of Topliss-reactive ketones (excluding diaryl/α,β-unsaturated/α-hetero) is 1. The second-order valence-corrected chi connectivity index (χ2v) is 3.91. The van der Waals surface area contributed by atoms with Crippen molar-refractivity contribution in [1.82, 2.24) is 25.9 Å². The molecule has 82 valence electrons. The van der Waals surface area contributed by atoms with Gasteiger partial charge in [0.25, 0.3) is 0 Å². The van der Waals surface area contributed by atoms with Crippen LogP contribution >= 0.6 is 0 Å². The molecule has 6 nitrogen and oxygen atoms in total. The van der Waals surface area contributed by atoms with Gasteiger partial charge in [0.15, 0.2) is 0 Å². The minimum Gasteiger partial charge on any atom is -0.310 e. The molecule has 1 aliphatic rings. The number of rotatable bonds is 4. The van der Waals surface area contributed by atoms with E-state index >= 15 is 0 Å². The average Bonchev–Trinajstić information content (AvgIpc) is 2.91. The number of tetrazole rings is 1. The van der Waals surface area contributed by atoms with Crippen molar-refractivity contribution in [1.29, 1.82) is 0 Å². The second kappa shape index (κ2) is 4.48. The van der Waals surface area contributed by atoms with Crippen LogP contribution < -0.4 is 5.32 Å². The van der Waals surface area contributed by atoms with Crippen molar-refractivity contribution >= 4 is 5.78 Å². The third kappa shape index (κ3) is 2.04. The topological polar surface area (TPSA) is 83.6 Å². The molecule has 0 aromatic carbocycles. The van der Waals surface area contributed by atoms with Crippen LogP contribution in [0, 0.1) is 5.92 Å². The molecule has 1 atom stereocenters. The molecule has 1 aromatic rings. The van der Waals surface area contributed by atoms with Crippen LogP contribution in [0.3, 0.4) is 0 Å². The van der Waals surface area contributed by atoms with E-state index in [9.17, 15) is 4.79 Å². The van der Waals surface area contributed by atoms with Crippen LogP contribution in [0.4, 0.5) is 0 Å². The lowest BCUT2D eigenvalue weighted by molar-refractivity contribution is 0.0902. The summed E-state index contributed by atoms with van der Waals surface area (Å²) >= 11 is 0. The Balaban J connectivity index is 2.09. The normalized spacial score (nSPS) is 19.3. The van der Waals surface area contributed by atoms with Crippen LogP contribution in [0.5, 0.6) is 0 Å². The highest BCUT2D eigenvalue weighted by atomic mass is 16.1. The highest BCUT2D eigenvalue weighted by Gasteiger charge is 2.31. The minimum absolute atomic E-state index is 0.0573. The van der Waals surface area contributed by atoms with Gasteiger partial charge in [-0.2, -0.15) is 5.21 Å². The van der Waals surface area contributed by atoms with E-state index in [4.69, 9.17) is 0 Å². The number of carbonyl (C=O) groups is 1. The highest BCUT2D eigenvalue weighted by molar-refractivity contribution is 5.96. The Morgan fingerprint density at radius 2 is 2.27 bits per heavy atom. The Hall–Kier alpha value is -1.30. The zero-order chi connectivity index (χ0) is 10.7. The van der Waals surface area contributed by atoms with Crippen LogP contribution in [0.2, 0.25) is 0 Å². The van der Waals surface area contributed by atoms with Gasteiger partial charge in [0, 0.05) is 0 Å². The first kappa shape index (κ1) is 10.2. The van der Waals surface area contributed by atoms with Crippen LogP contribution in [0.15, 0.2) is 0 Å². The lowest BCUT2D eigenvalue weighted by Gasteiger charge is -2.19. The molecule has 0 spiro atoms. The van der Waals surface area contributed by atoms with Crippen molar-refractivity contribution in [3.63, 3.8) is 0 Å². The summed E-state index contributed by atoms with van der Waals surface area (Å²) in [6, 6.07) is -0.162. The summed E-state index contributed by atoms with van der Waals surface area (Å²) in [6.07, 6.45) is 4.63. The number of nitrogens with one attached hydrogen (secondary N) is 2. The van der Waals surface area contributed by atoms with Gasteiger partial charge in [-0.3, -0.25) is 4.79 Å². The Kier molecular flexibility index (Phi) is 3.05. The number of likely N-dealkylation sites (N-methyl/N-ethyl adjacent to an activating group) is 1. The Bertz CT molecular complexity index is 317. The Labute approximate surface area is 87.8 Å². The van der Waals surface area contributed by atoms with Gasteiger partial charge in [-0.15, -0.1) is 10.2 Å². The summed E-state index contributed by atoms with van der Waals surface area (Å²) in [7, 11) is 1.81. The molecule has 2 rings (SSSR count). The first-order valence-corrected chi connectivity index (χ1v) is 5.28. The quantitative estimate of drug-likeness (QED) is 0.690. The summed E-state index contributed by atoms with van der Waals surface area (Å²) in [4.78, 5) is 12.0. The van der Waals surface area contributed by atoms with E-state index in [2.05, 4.69) is 25.9 Å². The lowest BCUT2D eigenvalue weighted by Crippen LogP contribution is -2.40. The minimum atomic E-state index is -0.162. The van der Waals surface area contributed by atoms with Gasteiger partial charge >= 0.3 is 0 Å². The molecule has 2 N–H and O–H groups in total. The molecule has 1 aliphatic carbocycles. The molecule has 0 bridgehead atoms. The monoisotopic (exact) mass is 209 g/mol. The maximum atomic E-state index is 12.0. The van der Waals surface area contributed by atoms with E-state index in [0.717, 1.165) is 12.8 Å². The van der Waals surface area contributed by atoms with E-state index in [1.807, 2.05) is 0 Å². The second-order valence-electron chi connectivity index (χ2n) is 3.91. The first-order chi connectivity index (χ1) is 7.33. The van der Waals surface area contributed by atoms with Gasteiger partial charge in [0.1, 0.15) is 0 Å². The molecular formula is C9H15N5O. The third-order valence-electron chi connectivity index (χ3n) is 3.03. The molecule has 1 heterocycles. The van der Waals surface area contributed by atoms with E-state index in [1.54, 1.807) is 7.05 Å². The number of hydrogen-bond acceptors (Lipinski definition) is 5. The molecule has 15 heavy (non-hydrogen) atoms. The van der Waals surface area contributed by atoms with E-state index in [1.165, 1.54) is 12.8 Å². The Morgan fingerprint density at radius 1 is 1.53 bits per heavy atom. The molecule has 1 aromatic heterocycles. The van der Waals surface area contributed by atoms with E-state index < -0.39 is 0 Å². The van der Waals surface area contributed by atoms with Crippen LogP contribution in [0.1, 0.15) is 36.3 Å². The smallest absolute Gasteiger partial charge is 0.241 e. The number of ketones is 1. The summed E-state index contributed by atoms with van der Waals surface area (Å²) < 4.78 is 0. The average molecular weight is 209 g/mol. The summed E-state index contributed by atoms with van der Waals surface area (Å²) in [5.41, 5.74) is 0. The number of aromatic amines is 1. The van der Waals surface area contributed by atoms with Crippen LogP contribution in [-0.4, -0.2) is 39.5 Å². The number of aromatic nitrogens is 4. The van der Waals surface area contributed by atoms with Crippen molar-refractivity contribution in [2.45, 2.75) is 31.7 Å². The summed E-state index contributed by atoms with van der Waals surface area (Å²) in [6.45, 7) is 0. The first-order valence-electron chi connectivity index (χ1n) is 5.28. The largest absolute Gasteiger partial charge is 0.310 e. The Morgan fingerprint density at radius 3 is 2.80 bits per heavy atom. The van der Waals surface area contributed by atoms with Gasteiger partial charge < -0.3 is 5.32 Å².